The van der Waals surface area contributed by atoms with Crippen LogP contribution < -0.4 is 14.8 Å². The lowest BCUT2D eigenvalue weighted by Crippen LogP contribution is -2.15. The number of nitrogens with one attached hydrogen (secondary N) is 1. The molecule has 0 aromatic heterocycles. The molecule has 3 nitrogen and oxygen atoms in total. The van der Waals surface area contributed by atoms with Crippen LogP contribution in [0.15, 0.2) is 40.9 Å². The lowest BCUT2D eigenvalue weighted by atomic mass is 10.2. The van der Waals surface area contributed by atoms with Crippen LogP contribution in [0.4, 0.5) is 4.39 Å². The first kappa shape index (κ1) is 20.7. The molecule has 0 radical (unpaired) electrons. The molecule has 5 heteroatoms. The number of hydrogen-bond acceptors (Lipinski definition) is 3. The van der Waals surface area contributed by atoms with E-state index < -0.39 is 0 Å². The van der Waals surface area contributed by atoms with E-state index in [4.69, 9.17) is 9.47 Å². The number of ether oxygens (including phenoxy) is 2. The molecule has 0 unspecified atom stereocenters. The predicted molar refractivity (Wildman–Crippen MR) is 107 cm³/mol. The first-order chi connectivity index (χ1) is 12.6. The molecule has 142 valence electrons. The Balaban J connectivity index is 2.03. The lowest BCUT2D eigenvalue weighted by Gasteiger charge is -2.16. The SMILES string of the molecule is CCCCCNCc1cc(Br)c(OCc2ccc(F)cc2)c(OCC)c1. The Hall–Kier alpha value is -1.59. The summed E-state index contributed by atoms with van der Waals surface area (Å²) >= 11 is 3.59. The summed E-state index contributed by atoms with van der Waals surface area (Å²) in [5.41, 5.74) is 2.05. The average Bonchev–Trinajstić information content (AvgIpc) is 2.62. The smallest absolute Gasteiger partial charge is 0.175 e. The minimum Gasteiger partial charge on any atom is -0.490 e. The van der Waals surface area contributed by atoms with Gasteiger partial charge in [0.15, 0.2) is 11.5 Å². The fourth-order valence-electron chi connectivity index (χ4n) is 2.60. The Kier molecular flexibility index (Phi) is 8.92. The van der Waals surface area contributed by atoms with Gasteiger partial charge in [-0.1, -0.05) is 31.9 Å². The summed E-state index contributed by atoms with van der Waals surface area (Å²) in [5, 5.41) is 3.46. The summed E-state index contributed by atoms with van der Waals surface area (Å²) in [6.45, 7) is 6.88. The molecule has 0 saturated carbocycles. The summed E-state index contributed by atoms with van der Waals surface area (Å²) < 4.78 is 25.6. The van der Waals surface area contributed by atoms with Gasteiger partial charge in [-0.2, -0.15) is 0 Å². The second-order valence-corrected chi connectivity index (χ2v) is 6.99. The molecule has 2 aromatic carbocycles. The zero-order chi connectivity index (χ0) is 18.8. The highest BCUT2D eigenvalue weighted by atomic mass is 79.9. The van der Waals surface area contributed by atoms with Crippen molar-refractivity contribution in [3.8, 4) is 11.5 Å². The van der Waals surface area contributed by atoms with E-state index in [9.17, 15) is 4.39 Å². The van der Waals surface area contributed by atoms with Crippen molar-refractivity contribution in [2.75, 3.05) is 13.2 Å². The molecular weight excluding hydrogens is 397 g/mol. The minimum absolute atomic E-state index is 0.249. The summed E-state index contributed by atoms with van der Waals surface area (Å²) in [6.07, 6.45) is 3.66. The third kappa shape index (κ3) is 6.61. The summed E-state index contributed by atoms with van der Waals surface area (Å²) in [7, 11) is 0. The van der Waals surface area contributed by atoms with Crippen molar-refractivity contribution < 1.29 is 13.9 Å². The molecule has 0 fully saturated rings. The Morgan fingerprint density at radius 2 is 1.77 bits per heavy atom. The van der Waals surface area contributed by atoms with E-state index in [-0.39, 0.29) is 5.82 Å². The summed E-state index contributed by atoms with van der Waals surface area (Å²) in [4.78, 5) is 0. The predicted octanol–water partition coefficient (Wildman–Crippen LogP) is 5.85. The van der Waals surface area contributed by atoms with E-state index in [1.54, 1.807) is 12.1 Å². The molecule has 1 N–H and O–H groups in total. The summed E-state index contributed by atoms with van der Waals surface area (Å²) in [6, 6.07) is 10.4. The van der Waals surface area contributed by atoms with E-state index in [2.05, 4.69) is 34.2 Å². The maximum absolute atomic E-state index is 13.0. The van der Waals surface area contributed by atoms with Gasteiger partial charge in [0.25, 0.3) is 0 Å². The highest BCUT2D eigenvalue weighted by Crippen LogP contribution is 2.37. The van der Waals surface area contributed by atoms with Gasteiger partial charge in [0.1, 0.15) is 12.4 Å². The number of halogens is 2. The second kappa shape index (κ2) is 11.2. The molecule has 0 aliphatic carbocycles. The minimum atomic E-state index is -0.249. The number of benzene rings is 2. The van der Waals surface area contributed by atoms with Crippen molar-refractivity contribution in [1.82, 2.24) is 5.32 Å². The van der Waals surface area contributed by atoms with Crippen LogP contribution in [0.2, 0.25) is 0 Å². The first-order valence-corrected chi connectivity index (χ1v) is 9.96. The molecule has 0 aliphatic rings. The highest BCUT2D eigenvalue weighted by Gasteiger charge is 2.12. The number of hydrogen-bond donors (Lipinski definition) is 1. The Labute approximate surface area is 164 Å². The topological polar surface area (TPSA) is 30.5 Å². The largest absolute Gasteiger partial charge is 0.490 e. The average molecular weight is 424 g/mol. The van der Waals surface area contributed by atoms with Crippen molar-refractivity contribution in [2.45, 2.75) is 46.3 Å². The number of rotatable bonds is 11. The van der Waals surface area contributed by atoms with Gasteiger partial charge in [-0.05, 0) is 71.2 Å². The maximum Gasteiger partial charge on any atom is 0.175 e. The third-order valence-corrected chi connectivity index (χ3v) is 4.54. The van der Waals surface area contributed by atoms with Gasteiger partial charge < -0.3 is 14.8 Å². The fourth-order valence-corrected chi connectivity index (χ4v) is 3.20. The van der Waals surface area contributed by atoms with E-state index in [1.807, 2.05) is 13.0 Å². The fraction of sp³-hybridized carbons (Fsp3) is 0.429. The molecule has 0 heterocycles. The van der Waals surface area contributed by atoms with Gasteiger partial charge in [-0.25, -0.2) is 4.39 Å². The van der Waals surface area contributed by atoms with Crippen LogP contribution in [0.25, 0.3) is 0 Å². The quantitative estimate of drug-likeness (QED) is 0.460. The molecular formula is C21H27BrFNO2. The number of unbranched alkanes of at least 4 members (excludes halogenated alkanes) is 2. The molecule has 0 spiro atoms. The van der Waals surface area contributed by atoms with Gasteiger partial charge in [-0.15, -0.1) is 0 Å². The van der Waals surface area contributed by atoms with Crippen molar-refractivity contribution in [1.29, 1.82) is 0 Å². The zero-order valence-corrected chi connectivity index (χ0v) is 17.1. The van der Waals surface area contributed by atoms with Crippen LogP contribution in [0.1, 0.15) is 44.2 Å². The highest BCUT2D eigenvalue weighted by molar-refractivity contribution is 9.10. The van der Waals surface area contributed by atoms with Crippen LogP contribution in [0.3, 0.4) is 0 Å². The molecule has 0 saturated heterocycles. The Morgan fingerprint density at radius 3 is 2.46 bits per heavy atom. The molecule has 0 bridgehead atoms. The second-order valence-electron chi connectivity index (χ2n) is 6.14. The van der Waals surface area contributed by atoms with E-state index in [0.717, 1.165) is 28.7 Å². The van der Waals surface area contributed by atoms with Gasteiger partial charge in [0.05, 0.1) is 11.1 Å². The van der Waals surface area contributed by atoms with Crippen LogP contribution in [-0.2, 0) is 13.2 Å². The van der Waals surface area contributed by atoms with E-state index in [1.165, 1.54) is 31.4 Å². The van der Waals surface area contributed by atoms with Crippen LogP contribution in [0, 0.1) is 5.82 Å². The molecule has 0 amide bonds. The molecule has 0 aliphatic heterocycles. The molecule has 26 heavy (non-hydrogen) atoms. The standard InChI is InChI=1S/C21H27BrFNO2/c1-3-5-6-11-24-14-17-12-19(22)21(20(13-17)25-4-2)26-15-16-7-9-18(23)10-8-16/h7-10,12-13,24H,3-6,11,14-15H2,1-2H3. The van der Waals surface area contributed by atoms with Crippen molar-refractivity contribution in [3.63, 3.8) is 0 Å². The van der Waals surface area contributed by atoms with Crippen LogP contribution >= 0.6 is 15.9 Å². The monoisotopic (exact) mass is 423 g/mol. The molecule has 0 atom stereocenters. The van der Waals surface area contributed by atoms with Crippen molar-refractivity contribution >= 4 is 15.9 Å². The van der Waals surface area contributed by atoms with Crippen LogP contribution in [-0.4, -0.2) is 13.2 Å². The maximum atomic E-state index is 13.0. The Bertz CT molecular complexity index is 676. The Morgan fingerprint density at radius 1 is 1.00 bits per heavy atom. The molecule has 2 aromatic rings. The normalized spacial score (nSPS) is 10.8. The third-order valence-electron chi connectivity index (χ3n) is 3.95. The lowest BCUT2D eigenvalue weighted by molar-refractivity contribution is 0.267. The first-order valence-electron chi connectivity index (χ1n) is 9.17. The molecule has 2 rings (SSSR count). The van der Waals surface area contributed by atoms with Gasteiger partial charge in [-0.3, -0.25) is 0 Å². The van der Waals surface area contributed by atoms with Crippen molar-refractivity contribution in [2.24, 2.45) is 0 Å². The van der Waals surface area contributed by atoms with Gasteiger partial charge in [0.2, 0.25) is 0 Å². The van der Waals surface area contributed by atoms with Crippen LogP contribution in [0.5, 0.6) is 11.5 Å². The summed E-state index contributed by atoms with van der Waals surface area (Å²) in [5.74, 6) is 1.14. The van der Waals surface area contributed by atoms with Gasteiger partial charge in [0, 0.05) is 6.54 Å². The van der Waals surface area contributed by atoms with E-state index >= 15 is 0 Å². The zero-order valence-electron chi connectivity index (χ0n) is 15.5. The van der Waals surface area contributed by atoms with Crippen molar-refractivity contribution in [3.05, 3.63) is 57.8 Å². The van der Waals surface area contributed by atoms with E-state index in [0.29, 0.717) is 24.7 Å². The van der Waals surface area contributed by atoms with Gasteiger partial charge >= 0.3 is 0 Å².